The van der Waals surface area contributed by atoms with Crippen LogP contribution in [0.5, 0.6) is 0 Å². The zero-order chi connectivity index (χ0) is 10.7. The van der Waals surface area contributed by atoms with E-state index in [2.05, 4.69) is 4.90 Å². The number of ether oxygens (including phenoxy) is 1. The van der Waals surface area contributed by atoms with Crippen LogP contribution in [-0.4, -0.2) is 31.2 Å². The molecule has 1 aliphatic heterocycles. The molecule has 15 heavy (non-hydrogen) atoms. The molecule has 1 aromatic rings. The highest BCUT2D eigenvalue weighted by Crippen LogP contribution is 2.18. The molecule has 1 saturated heterocycles. The molecule has 0 saturated carbocycles. The molecular formula is C11H15FN2O. The summed E-state index contributed by atoms with van der Waals surface area (Å²) in [7, 11) is 0. The first-order valence-corrected chi connectivity index (χ1v) is 5.10. The van der Waals surface area contributed by atoms with Crippen LogP contribution in [0.4, 0.5) is 10.1 Å². The van der Waals surface area contributed by atoms with Gasteiger partial charge in [-0.3, -0.25) is 4.90 Å². The fourth-order valence-electron chi connectivity index (χ4n) is 1.73. The Hall–Kier alpha value is -1.13. The first-order valence-electron chi connectivity index (χ1n) is 5.10. The lowest BCUT2D eigenvalue weighted by molar-refractivity contribution is 0.0338. The molecule has 0 radical (unpaired) electrons. The maximum Gasteiger partial charge on any atom is 0.129 e. The number of nitrogens with zero attached hydrogens (tertiary/aromatic N) is 1. The number of rotatable bonds is 2. The minimum Gasteiger partial charge on any atom is -0.398 e. The van der Waals surface area contributed by atoms with Gasteiger partial charge in [0, 0.05) is 30.9 Å². The molecule has 0 amide bonds. The predicted molar refractivity (Wildman–Crippen MR) is 56.9 cm³/mol. The molecule has 0 aromatic heterocycles. The highest BCUT2D eigenvalue weighted by molar-refractivity contribution is 5.47. The number of anilines is 1. The Kier molecular flexibility index (Phi) is 3.18. The zero-order valence-electron chi connectivity index (χ0n) is 8.58. The quantitative estimate of drug-likeness (QED) is 0.746. The number of nitrogen functional groups attached to an aromatic ring is 1. The Morgan fingerprint density at radius 1 is 1.33 bits per heavy atom. The standard InChI is InChI=1S/C11H15FN2O/c12-10-2-1-3-11(13)9(10)8-14-4-6-15-7-5-14/h1-3H,4-8,13H2. The van der Waals surface area contributed by atoms with Gasteiger partial charge in [-0.1, -0.05) is 6.07 Å². The van der Waals surface area contributed by atoms with Crippen LogP contribution < -0.4 is 5.73 Å². The second-order valence-electron chi connectivity index (χ2n) is 3.70. The minimum atomic E-state index is -0.221. The van der Waals surface area contributed by atoms with Gasteiger partial charge >= 0.3 is 0 Å². The summed E-state index contributed by atoms with van der Waals surface area (Å²) in [6.07, 6.45) is 0. The van der Waals surface area contributed by atoms with Crippen molar-refractivity contribution in [3.05, 3.63) is 29.6 Å². The van der Waals surface area contributed by atoms with Crippen LogP contribution in [0.15, 0.2) is 18.2 Å². The molecule has 1 heterocycles. The van der Waals surface area contributed by atoms with E-state index in [9.17, 15) is 4.39 Å². The van der Waals surface area contributed by atoms with E-state index in [0.717, 1.165) is 13.1 Å². The second kappa shape index (κ2) is 4.59. The lowest BCUT2D eigenvalue weighted by Crippen LogP contribution is -2.36. The second-order valence-corrected chi connectivity index (χ2v) is 3.70. The van der Waals surface area contributed by atoms with Crippen molar-refractivity contribution in [1.29, 1.82) is 0 Å². The van der Waals surface area contributed by atoms with Gasteiger partial charge in [0.05, 0.1) is 13.2 Å². The molecule has 1 aliphatic rings. The van der Waals surface area contributed by atoms with E-state index in [1.54, 1.807) is 12.1 Å². The van der Waals surface area contributed by atoms with Crippen molar-refractivity contribution in [2.24, 2.45) is 0 Å². The van der Waals surface area contributed by atoms with E-state index in [0.29, 0.717) is 31.0 Å². The van der Waals surface area contributed by atoms with Gasteiger partial charge in [-0.25, -0.2) is 4.39 Å². The van der Waals surface area contributed by atoms with E-state index in [1.165, 1.54) is 6.07 Å². The predicted octanol–water partition coefficient (Wildman–Crippen LogP) is 1.24. The van der Waals surface area contributed by atoms with E-state index >= 15 is 0 Å². The van der Waals surface area contributed by atoms with E-state index in [-0.39, 0.29) is 5.82 Å². The molecule has 0 unspecified atom stereocenters. The molecule has 0 aliphatic carbocycles. The van der Waals surface area contributed by atoms with Crippen molar-refractivity contribution in [2.75, 3.05) is 32.0 Å². The van der Waals surface area contributed by atoms with Gasteiger partial charge in [-0.05, 0) is 12.1 Å². The summed E-state index contributed by atoms with van der Waals surface area (Å²) >= 11 is 0. The molecule has 0 bridgehead atoms. The lowest BCUT2D eigenvalue weighted by atomic mass is 10.1. The van der Waals surface area contributed by atoms with Crippen LogP contribution in [0.2, 0.25) is 0 Å². The van der Waals surface area contributed by atoms with Gasteiger partial charge in [-0.2, -0.15) is 0 Å². The summed E-state index contributed by atoms with van der Waals surface area (Å²) in [6, 6.07) is 4.82. The van der Waals surface area contributed by atoms with Crippen molar-refractivity contribution < 1.29 is 9.13 Å². The van der Waals surface area contributed by atoms with Crippen LogP contribution in [0, 0.1) is 5.82 Å². The van der Waals surface area contributed by atoms with Crippen molar-refractivity contribution in [3.8, 4) is 0 Å². The maximum atomic E-state index is 13.5. The third-order valence-corrected chi connectivity index (χ3v) is 2.64. The summed E-state index contributed by atoms with van der Waals surface area (Å²) < 4.78 is 18.7. The Balaban J connectivity index is 2.09. The number of nitrogens with two attached hydrogens (primary N) is 1. The summed E-state index contributed by atoms with van der Waals surface area (Å²) in [5.41, 5.74) is 6.87. The Bertz CT molecular complexity index is 317. The molecule has 1 aromatic carbocycles. The van der Waals surface area contributed by atoms with E-state index in [4.69, 9.17) is 10.5 Å². The Morgan fingerprint density at radius 2 is 2.07 bits per heavy atom. The summed E-state index contributed by atoms with van der Waals surface area (Å²) in [5.74, 6) is -0.221. The molecule has 0 atom stereocenters. The van der Waals surface area contributed by atoms with E-state index in [1.807, 2.05) is 0 Å². The van der Waals surface area contributed by atoms with Gasteiger partial charge in [0.25, 0.3) is 0 Å². The molecule has 2 rings (SSSR count). The lowest BCUT2D eigenvalue weighted by Gasteiger charge is -2.27. The molecule has 82 valence electrons. The molecule has 2 N–H and O–H groups in total. The maximum absolute atomic E-state index is 13.5. The molecule has 3 nitrogen and oxygen atoms in total. The normalized spacial score (nSPS) is 17.9. The van der Waals surface area contributed by atoms with Gasteiger partial charge in [-0.15, -0.1) is 0 Å². The van der Waals surface area contributed by atoms with Gasteiger partial charge in [0.2, 0.25) is 0 Å². The molecule has 0 spiro atoms. The van der Waals surface area contributed by atoms with Crippen LogP contribution >= 0.6 is 0 Å². The highest BCUT2D eigenvalue weighted by Gasteiger charge is 2.14. The average Bonchev–Trinajstić information content (AvgIpc) is 2.25. The number of morpholine rings is 1. The third-order valence-electron chi connectivity index (χ3n) is 2.64. The van der Waals surface area contributed by atoms with Gasteiger partial charge < -0.3 is 10.5 Å². The van der Waals surface area contributed by atoms with Gasteiger partial charge in [0.15, 0.2) is 0 Å². The Labute approximate surface area is 88.6 Å². The third kappa shape index (κ3) is 2.46. The largest absolute Gasteiger partial charge is 0.398 e. The van der Waals surface area contributed by atoms with Crippen LogP contribution in [-0.2, 0) is 11.3 Å². The monoisotopic (exact) mass is 210 g/mol. The number of hydrogen-bond acceptors (Lipinski definition) is 3. The zero-order valence-corrected chi connectivity index (χ0v) is 8.58. The molecular weight excluding hydrogens is 195 g/mol. The summed E-state index contributed by atoms with van der Waals surface area (Å²) in [6.45, 7) is 3.69. The summed E-state index contributed by atoms with van der Waals surface area (Å²) in [4.78, 5) is 2.15. The van der Waals surface area contributed by atoms with Crippen molar-refractivity contribution in [1.82, 2.24) is 4.90 Å². The molecule has 1 fully saturated rings. The van der Waals surface area contributed by atoms with Crippen LogP contribution in [0.3, 0.4) is 0 Å². The number of halogens is 1. The smallest absolute Gasteiger partial charge is 0.129 e. The first kappa shape index (κ1) is 10.4. The van der Waals surface area contributed by atoms with Crippen molar-refractivity contribution in [3.63, 3.8) is 0 Å². The number of benzene rings is 1. The highest BCUT2D eigenvalue weighted by atomic mass is 19.1. The fourth-order valence-corrected chi connectivity index (χ4v) is 1.73. The topological polar surface area (TPSA) is 38.5 Å². The minimum absolute atomic E-state index is 0.221. The fraction of sp³-hybridized carbons (Fsp3) is 0.455. The van der Waals surface area contributed by atoms with E-state index < -0.39 is 0 Å². The SMILES string of the molecule is Nc1cccc(F)c1CN1CCOCC1. The summed E-state index contributed by atoms with van der Waals surface area (Å²) in [5, 5.41) is 0. The molecule has 4 heteroatoms. The average molecular weight is 210 g/mol. The van der Waals surface area contributed by atoms with Crippen LogP contribution in [0.1, 0.15) is 5.56 Å². The number of hydrogen-bond donors (Lipinski definition) is 1. The van der Waals surface area contributed by atoms with Gasteiger partial charge in [0.1, 0.15) is 5.82 Å². The van der Waals surface area contributed by atoms with Crippen molar-refractivity contribution in [2.45, 2.75) is 6.54 Å². The van der Waals surface area contributed by atoms with Crippen LogP contribution in [0.25, 0.3) is 0 Å². The first-order chi connectivity index (χ1) is 7.27. The van der Waals surface area contributed by atoms with Crippen molar-refractivity contribution >= 4 is 5.69 Å². The Morgan fingerprint density at radius 3 is 2.73 bits per heavy atom.